The molecule has 52 valence electrons. The number of hydrogen-bond acceptors (Lipinski definition) is 1. The van der Waals surface area contributed by atoms with Gasteiger partial charge < -0.3 is 4.74 Å². The van der Waals surface area contributed by atoms with Crippen molar-refractivity contribution in [2.45, 2.75) is 0 Å². The predicted octanol–water partition coefficient (Wildman–Crippen LogP) is -0.775. The van der Waals surface area contributed by atoms with E-state index in [4.69, 9.17) is 4.74 Å². The minimum absolute atomic E-state index is 0.773. The fourth-order valence-electron chi connectivity index (χ4n) is 0.725. The third kappa shape index (κ3) is 3.46. The van der Waals surface area contributed by atoms with Gasteiger partial charge in [-0.05, 0) is 0 Å². The molecule has 9 heavy (non-hydrogen) atoms. The van der Waals surface area contributed by atoms with Crippen LogP contribution in [-0.2, 0) is 4.74 Å². The summed E-state index contributed by atoms with van der Waals surface area (Å²) >= 11 is 0. The summed E-state index contributed by atoms with van der Waals surface area (Å²) in [6.45, 7) is 4.99. The van der Waals surface area contributed by atoms with Crippen molar-refractivity contribution in [1.29, 1.82) is 0 Å². The Morgan fingerprint density at radius 3 is 1.89 bits per heavy atom. The quantitative estimate of drug-likeness (QED) is 0.422. The zero-order valence-corrected chi connectivity index (χ0v) is 5.55. The van der Waals surface area contributed by atoms with Crippen LogP contribution in [0.2, 0.25) is 0 Å². The minimum atomic E-state index is 0.773. The Labute approximate surface area is 55.8 Å². The first-order chi connectivity index (χ1) is 4.50. The molecule has 0 N–H and O–H groups in total. The second-order valence-electron chi connectivity index (χ2n) is 1.95. The molecule has 3 nitrogen and oxygen atoms in total. The van der Waals surface area contributed by atoms with Gasteiger partial charge in [0.15, 0.2) is 0 Å². The van der Waals surface area contributed by atoms with Gasteiger partial charge in [0.05, 0.1) is 13.2 Å². The van der Waals surface area contributed by atoms with Gasteiger partial charge in [-0.25, -0.2) is 10.6 Å². The molecule has 0 bridgehead atoms. The van der Waals surface area contributed by atoms with E-state index >= 15 is 0 Å². The molecule has 2 radical (unpaired) electrons. The highest BCUT2D eigenvalue weighted by atomic mass is 16.5. The normalized spacial score (nSPS) is 24.0. The van der Waals surface area contributed by atoms with Gasteiger partial charge in [0, 0.05) is 26.2 Å². The van der Waals surface area contributed by atoms with Crippen molar-refractivity contribution < 1.29 is 4.74 Å². The van der Waals surface area contributed by atoms with E-state index in [1.165, 1.54) is 0 Å². The van der Waals surface area contributed by atoms with Crippen LogP contribution in [0.1, 0.15) is 0 Å². The van der Waals surface area contributed by atoms with Gasteiger partial charge >= 0.3 is 0 Å². The maximum Gasteiger partial charge on any atom is 0.0608 e. The van der Waals surface area contributed by atoms with Crippen LogP contribution < -0.4 is 10.6 Å². The molecule has 1 saturated heterocycles. The monoisotopic (exact) mass is 128 g/mol. The third-order valence-corrected chi connectivity index (χ3v) is 1.20. The van der Waals surface area contributed by atoms with Crippen LogP contribution in [0.15, 0.2) is 0 Å². The van der Waals surface area contributed by atoms with E-state index < -0.39 is 0 Å². The van der Waals surface area contributed by atoms with Gasteiger partial charge in [0.1, 0.15) is 0 Å². The summed E-state index contributed by atoms with van der Waals surface area (Å²) in [6.07, 6.45) is 0. The molecule has 0 atom stereocenters. The van der Waals surface area contributed by atoms with E-state index in [1.54, 1.807) is 0 Å². The smallest absolute Gasteiger partial charge is 0.0608 e. The van der Waals surface area contributed by atoms with Gasteiger partial charge in [-0.2, -0.15) is 0 Å². The standard InChI is InChI=1S/C6H12N2O/c1-2-8-4-6-9-5-3-7-1/h1-6H2. The molecule has 3 heteroatoms. The molecule has 0 amide bonds. The average molecular weight is 128 g/mol. The first-order valence-electron chi connectivity index (χ1n) is 3.34. The fourth-order valence-corrected chi connectivity index (χ4v) is 0.725. The molecule has 0 aliphatic carbocycles. The van der Waals surface area contributed by atoms with E-state index in [9.17, 15) is 0 Å². The molecule has 0 unspecified atom stereocenters. The maximum atomic E-state index is 5.17. The van der Waals surface area contributed by atoms with Crippen molar-refractivity contribution >= 4 is 0 Å². The van der Waals surface area contributed by atoms with E-state index in [1.807, 2.05) is 0 Å². The van der Waals surface area contributed by atoms with Gasteiger partial charge in [-0.3, -0.25) is 0 Å². The van der Waals surface area contributed by atoms with Crippen LogP contribution in [-0.4, -0.2) is 39.4 Å². The molecular formula is C6H12N2O. The summed E-state index contributed by atoms with van der Waals surface area (Å²) < 4.78 is 5.17. The highest BCUT2D eigenvalue weighted by Gasteiger charge is 1.95. The second kappa shape index (κ2) is 4.73. The molecule has 0 aromatic carbocycles. The number of rotatable bonds is 0. The van der Waals surface area contributed by atoms with E-state index in [2.05, 4.69) is 10.6 Å². The van der Waals surface area contributed by atoms with Crippen LogP contribution in [0, 0.1) is 0 Å². The Kier molecular flexibility index (Phi) is 3.68. The van der Waals surface area contributed by atoms with Crippen LogP contribution in [0.3, 0.4) is 0 Å². The molecule has 1 fully saturated rings. The van der Waals surface area contributed by atoms with Gasteiger partial charge in [0.2, 0.25) is 0 Å². The largest absolute Gasteiger partial charge is 0.379 e. The first kappa shape index (κ1) is 6.99. The van der Waals surface area contributed by atoms with Crippen LogP contribution in [0.25, 0.3) is 0 Å². The molecule has 0 spiro atoms. The van der Waals surface area contributed by atoms with Gasteiger partial charge in [-0.15, -0.1) is 0 Å². The third-order valence-electron chi connectivity index (χ3n) is 1.20. The van der Waals surface area contributed by atoms with E-state index in [0.29, 0.717) is 0 Å². The number of nitrogens with zero attached hydrogens (tertiary/aromatic N) is 2. The lowest BCUT2D eigenvalue weighted by Crippen LogP contribution is -2.18. The summed E-state index contributed by atoms with van der Waals surface area (Å²) in [5.74, 6) is 0. The fraction of sp³-hybridized carbons (Fsp3) is 1.00. The molecule has 1 heterocycles. The zero-order chi connectivity index (χ0) is 6.36. The summed E-state index contributed by atoms with van der Waals surface area (Å²) in [5, 5.41) is 8.34. The summed E-state index contributed by atoms with van der Waals surface area (Å²) in [4.78, 5) is 0. The Balaban J connectivity index is 2.02. The molecular weight excluding hydrogens is 116 g/mol. The van der Waals surface area contributed by atoms with Crippen molar-refractivity contribution in [3.8, 4) is 0 Å². The number of ether oxygens (including phenoxy) is 1. The van der Waals surface area contributed by atoms with Crippen molar-refractivity contribution in [3.63, 3.8) is 0 Å². The van der Waals surface area contributed by atoms with Crippen LogP contribution in [0.4, 0.5) is 0 Å². The van der Waals surface area contributed by atoms with Crippen LogP contribution in [0.5, 0.6) is 0 Å². The minimum Gasteiger partial charge on any atom is -0.379 e. The van der Waals surface area contributed by atoms with Crippen molar-refractivity contribution in [2.75, 3.05) is 39.4 Å². The predicted molar refractivity (Wildman–Crippen MR) is 34.6 cm³/mol. The lowest BCUT2D eigenvalue weighted by molar-refractivity contribution is 0.142. The SMILES string of the molecule is C1C[N]CCOCC[N]1. The van der Waals surface area contributed by atoms with E-state index in [-0.39, 0.29) is 0 Å². The average Bonchev–Trinajstić information content (AvgIpc) is 2.00. The lowest BCUT2D eigenvalue weighted by atomic mass is 10.6. The second-order valence-corrected chi connectivity index (χ2v) is 1.95. The van der Waals surface area contributed by atoms with Crippen molar-refractivity contribution in [2.24, 2.45) is 0 Å². The maximum absolute atomic E-state index is 5.17. The molecule has 1 rings (SSSR count). The highest BCUT2D eigenvalue weighted by Crippen LogP contribution is 1.77. The molecule has 0 saturated carbocycles. The first-order valence-corrected chi connectivity index (χ1v) is 3.34. The van der Waals surface area contributed by atoms with Crippen LogP contribution >= 0.6 is 0 Å². The molecule has 0 aromatic rings. The lowest BCUT2D eigenvalue weighted by Gasteiger charge is -1.97. The molecule has 1 aliphatic rings. The Morgan fingerprint density at radius 1 is 0.778 bits per heavy atom. The van der Waals surface area contributed by atoms with Gasteiger partial charge in [0.25, 0.3) is 0 Å². The number of hydrogen-bond donors (Lipinski definition) is 0. The van der Waals surface area contributed by atoms with Gasteiger partial charge in [-0.1, -0.05) is 0 Å². The van der Waals surface area contributed by atoms with Crippen molar-refractivity contribution in [3.05, 3.63) is 0 Å². The zero-order valence-electron chi connectivity index (χ0n) is 5.55. The Hall–Kier alpha value is -0.120. The topological polar surface area (TPSA) is 37.4 Å². The molecule has 1 aliphatic heterocycles. The summed E-state index contributed by atoms with van der Waals surface area (Å²) in [7, 11) is 0. The Bertz CT molecular complexity index is 39.5. The van der Waals surface area contributed by atoms with E-state index in [0.717, 1.165) is 39.4 Å². The summed E-state index contributed by atoms with van der Waals surface area (Å²) in [6, 6.07) is 0. The summed E-state index contributed by atoms with van der Waals surface area (Å²) in [5.41, 5.74) is 0. The Morgan fingerprint density at radius 2 is 1.33 bits per heavy atom. The molecule has 0 aromatic heterocycles. The van der Waals surface area contributed by atoms with Crippen molar-refractivity contribution in [1.82, 2.24) is 10.6 Å². The highest BCUT2D eigenvalue weighted by molar-refractivity contribution is 4.53.